The number of halogens is 2. The summed E-state index contributed by atoms with van der Waals surface area (Å²) in [6.45, 7) is 2.16. The molecule has 2 N–H and O–H groups in total. The minimum Gasteiger partial charge on any atom is -0.368 e. The SMILES string of the molecule is CC(C(=O)c1ccc(F)cc1F)N1CCCC1C(N)=O. The number of carbonyl (C=O) groups is 2. The van der Waals surface area contributed by atoms with Gasteiger partial charge in [-0.3, -0.25) is 14.5 Å². The Labute approximate surface area is 115 Å². The van der Waals surface area contributed by atoms with Gasteiger partial charge in [0.2, 0.25) is 5.91 Å². The molecule has 2 unspecified atom stereocenters. The maximum Gasteiger partial charge on any atom is 0.234 e. The van der Waals surface area contributed by atoms with Gasteiger partial charge in [-0.1, -0.05) is 0 Å². The quantitative estimate of drug-likeness (QED) is 0.851. The second-order valence-corrected chi connectivity index (χ2v) is 4.96. The lowest BCUT2D eigenvalue weighted by Gasteiger charge is -2.27. The number of benzene rings is 1. The summed E-state index contributed by atoms with van der Waals surface area (Å²) in [4.78, 5) is 25.3. The number of nitrogens with zero attached hydrogens (tertiary/aromatic N) is 1. The van der Waals surface area contributed by atoms with E-state index in [1.807, 2.05) is 0 Å². The summed E-state index contributed by atoms with van der Waals surface area (Å²) in [5.74, 6) is -2.59. The van der Waals surface area contributed by atoms with Gasteiger partial charge < -0.3 is 5.73 Å². The maximum absolute atomic E-state index is 13.6. The van der Waals surface area contributed by atoms with E-state index in [0.29, 0.717) is 19.0 Å². The molecule has 1 aliphatic rings. The first-order valence-corrected chi connectivity index (χ1v) is 6.46. The van der Waals surface area contributed by atoms with E-state index >= 15 is 0 Å². The second-order valence-electron chi connectivity index (χ2n) is 4.96. The van der Waals surface area contributed by atoms with Crippen molar-refractivity contribution in [3.05, 3.63) is 35.4 Å². The molecule has 0 aromatic heterocycles. The summed E-state index contributed by atoms with van der Waals surface area (Å²) < 4.78 is 26.5. The van der Waals surface area contributed by atoms with Gasteiger partial charge in [0.15, 0.2) is 5.78 Å². The Hall–Kier alpha value is -1.82. The number of Topliss-reactive ketones (excluding diaryl/α,β-unsaturated/α-hetero) is 1. The largest absolute Gasteiger partial charge is 0.368 e. The molecule has 1 aromatic rings. The molecule has 0 aliphatic carbocycles. The summed E-state index contributed by atoms with van der Waals surface area (Å²) >= 11 is 0. The molecule has 2 rings (SSSR count). The Balaban J connectivity index is 2.22. The highest BCUT2D eigenvalue weighted by Crippen LogP contribution is 2.23. The number of likely N-dealkylation sites (tertiary alicyclic amines) is 1. The normalized spacial score (nSPS) is 20.9. The zero-order valence-corrected chi connectivity index (χ0v) is 11.1. The van der Waals surface area contributed by atoms with Crippen LogP contribution in [0.3, 0.4) is 0 Å². The molecule has 2 atom stereocenters. The molecule has 1 heterocycles. The molecular weight excluding hydrogens is 266 g/mol. The molecule has 1 aromatic carbocycles. The summed E-state index contributed by atoms with van der Waals surface area (Å²) in [6, 6.07) is 1.67. The van der Waals surface area contributed by atoms with Gasteiger partial charge in [0.25, 0.3) is 0 Å². The third-order valence-corrected chi connectivity index (χ3v) is 3.70. The lowest BCUT2D eigenvalue weighted by Crippen LogP contribution is -2.48. The van der Waals surface area contributed by atoms with E-state index in [2.05, 4.69) is 0 Å². The summed E-state index contributed by atoms with van der Waals surface area (Å²) in [7, 11) is 0. The van der Waals surface area contributed by atoms with Crippen LogP contribution in [0.25, 0.3) is 0 Å². The first-order valence-electron chi connectivity index (χ1n) is 6.46. The smallest absolute Gasteiger partial charge is 0.234 e. The second kappa shape index (κ2) is 5.66. The van der Waals surface area contributed by atoms with Crippen LogP contribution in [0.15, 0.2) is 18.2 Å². The van der Waals surface area contributed by atoms with Crippen molar-refractivity contribution in [2.75, 3.05) is 6.54 Å². The van der Waals surface area contributed by atoms with Crippen molar-refractivity contribution in [2.24, 2.45) is 5.73 Å². The number of nitrogens with two attached hydrogens (primary N) is 1. The van der Waals surface area contributed by atoms with E-state index in [9.17, 15) is 18.4 Å². The highest BCUT2D eigenvalue weighted by Gasteiger charge is 2.36. The van der Waals surface area contributed by atoms with Gasteiger partial charge in [0, 0.05) is 6.07 Å². The predicted octanol–water partition coefficient (Wildman–Crippen LogP) is 1.49. The van der Waals surface area contributed by atoms with E-state index in [0.717, 1.165) is 18.6 Å². The van der Waals surface area contributed by atoms with Crippen molar-refractivity contribution in [3.63, 3.8) is 0 Å². The van der Waals surface area contributed by atoms with Gasteiger partial charge in [0.05, 0.1) is 17.6 Å². The molecule has 108 valence electrons. The third-order valence-electron chi connectivity index (χ3n) is 3.70. The average molecular weight is 282 g/mol. The summed E-state index contributed by atoms with van der Waals surface area (Å²) in [5.41, 5.74) is 5.13. The Morgan fingerprint density at radius 3 is 2.70 bits per heavy atom. The van der Waals surface area contributed by atoms with Gasteiger partial charge in [-0.25, -0.2) is 8.78 Å². The third kappa shape index (κ3) is 2.70. The van der Waals surface area contributed by atoms with Crippen LogP contribution in [0.5, 0.6) is 0 Å². The molecular formula is C14H16F2N2O2. The van der Waals surface area contributed by atoms with Gasteiger partial charge in [0.1, 0.15) is 11.6 Å². The molecule has 20 heavy (non-hydrogen) atoms. The van der Waals surface area contributed by atoms with Crippen LogP contribution >= 0.6 is 0 Å². The van der Waals surface area contributed by atoms with Crippen LogP contribution in [0.2, 0.25) is 0 Å². The average Bonchev–Trinajstić information content (AvgIpc) is 2.86. The molecule has 1 saturated heterocycles. The molecule has 0 bridgehead atoms. The van der Waals surface area contributed by atoms with Crippen LogP contribution in [-0.4, -0.2) is 35.2 Å². The van der Waals surface area contributed by atoms with Crippen LogP contribution < -0.4 is 5.73 Å². The van der Waals surface area contributed by atoms with E-state index in [-0.39, 0.29) is 5.56 Å². The Morgan fingerprint density at radius 2 is 2.10 bits per heavy atom. The fourth-order valence-electron chi connectivity index (χ4n) is 2.62. The summed E-state index contributed by atoms with van der Waals surface area (Å²) in [5, 5.41) is 0. The van der Waals surface area contributed by atoms with Crippen LogP contribution in [0.4, 0.5) is 8.78 Å². The number of hydrogen-bond acceptors (Lipinski definition) is 3. The number of amides is 1. The number of hydrogen-bond donors (Lipinski definition) is 1. The topological polar surface area (TPSA) is 63.4 Å². The zero-order chi connectivity index (χ0) is 14.9. The fraction of sp³-hybridized carbons (Fsp3) is 0.429. The molecule has 4 nitrogen and oxygen atoms in total. The van der Waals surface area contributed by atoms with Gasteiger partial charge in [-0.05, 0) is 38.4 Å². The van der Waals surface area contributed by atoms with Crippen LogP contribution in [-0.2, 0) is 4.79 Å². The molecule has 0 radical (unpaired) electrons. The first kappa shape index (κ1) is 14.6. The van der Waals surface area contributed by atoms with E-state index in [4.69, 9.17) is 5.73 Å². The number of primary amides is 1. The molecule has 1 aliphatic heterocycles. The summed E-state index contributed by atoms with van der Waals surface area (Å²) in [6.07, 6.45) is 1.36. The number of carbonyl (C=O) groups excluding carboxylic acids is 2. The van der Waals surface area contributed by atoms with E-state index in [1.54, 1.807) is 11.8 Å². The molecule has 0 saturated carbocycles. The predicted molar refractivity (Wildman–Crippen MR) is 69.1 cm³/mol. The van der Waals surface area contributed by atoms with Crippen molar-refractivity contribution in [1.82, 2.24) is 4.90 Å². The molecule has 0 spiro atoms. The lowest BCUT2D eigenvalue weighted by molar-refractivity contribution is -0.122. The van der Waals surface area contributed by atoms with Crippen LogP contribution in [0.1, 0.15) is 30.1 Å². The van der Waals surface area contributed by atoms with Gasteiger partial charge in [-0.15, -0.1) is 0 Å². The van der Waals surface area contributed by atoms with Crippen molar-refractivity contribution in [1.29, 1.82) is 0 Å². The Kier molecular flexibility index (Phi) is 4.13. The zero-order valence-electron chi connectivity index (χ0n) is 11.1. The minimum absolute atomic E-state index is 0.172. The standard InChI is InChI=1S/C14H16F2N2O2/c1-8(18-6-2-3-12(18)14(17)20)13(19)10-5-4-9(15)7-11(10)16/h4-5,7-8,12H,2-3,6H2,1H3,(H2,17,20). The Bertz CT molecular complexity index is 548. The van der Waals surface area contributed by atoms with Crippen molar-refractivity contribution < 1.29 is 18.4 Å². The van der Waals surface area contributed by atoms with Crippen molar-refractivity contribution in [2.45, 2.75) is 31.8 Å². The van der Waals surface area contributed by atoms with E-state index < -0.39 is 35.4 Å². The van der Waals surface area contributed by atoms with Crippen molar-refractivity contribution >= 4 is 11.7 Å². The van der Waals surface area contributed by atoms with Gasteiger partial charge >= 0.3 is 0 Å². The number of rotatable bonds is 4. The first-order chi connectivity index (χ1) is 9.41. The molecule has 6 heteroatoms. The number of ketones is 1. The van der Waals surface area contributed by atoms with Crippen LogP contribution in [0, 0.1) is 11.6 Å². The maximum atomic E-state index is 13.6. The molecule has 1 amide bonds. The highest BCUT2D eigenvalue weighted by atomic mass is 19.1. The monoisotopic (exact) mass is 282 g/mol. The lowest BCUT2D eigenvalue weighted by atomic mass is 10.0. The molecule has 1 fully saturated rings. The minimum atomic E-state index is -0.892. The van der Waals surface area contributed by atoms with Crippen molar-refractivity contribution in [3.8, 4) is 0 Å². The Morgan fingerprint density at radius 1 is 1.40 bits per heavy atom. The highest BCUT2D eigenvalue weighted by molar-refractivity contribution is 6.00. The fourth-order valence-corrected chi connectivity index (χ4v) is 2.62. The van der Waals surface area contributed by atoms with E-state index in [1.165, 1.54) is 0 Å². The van der Waals surface area contributed by atoms with Gasteiger partial charge in [-0.2, -0.15) is 0 Å².